The fourth-order valence-electron chi connectivity index (χ4n) is 2.92. The van der Waals surface area contributed by atoms with Crippen molar-refractivity contribution in [3.63, 3.8) is 0 Å². The molecule has 4 heteroatoms. The van der Waals surface area contributed by atoms with E-state index in [-0.39, 0.29) is 17.6 Å². The summed E-state index contributed by atoms with van der Waals surface area (Å²) >= 11 is 0. The molecule has 0 saturated heterocycles. The highest BCUT2D eigenvalue weighted by Crippen LogP contribution is 2.23. The van der Waals surface area contributed by atoms with Crippen molar-refractivity contribution in [2.45, 2.75) is 25.9 Å². The van der Waals surface area contributed by atoms with Crippen LogP contribution >= 0.6 is 0 Å². The molecule has 0 aliphatic carbocycles. The molecule has 0 unspecified atom stereocenters. The molecule has 0 aromatic heterocycles. The van der Waals surface area contributed by atoms with Gasteiger partial charge < -0.3 is 5.32 Å². The third kappa shape index (κ3) is 4.80. The van der Waals surface area contributed by atoms with Crippen molar-refractivity contribution in [3.05, 3.63) is 101 Å². The molecule has 3 aromatic rings. The van der Waals surface area contributed by atoms with Crippen LogP contribution in [0.25, 0.3) is 0 Å². The van der Waals surface area contributed by atoms with E-state index in [4.69, 9.17) is 0 Å². The second-order valence-corrected chi connectivity index (χ2v) is 6.61. The van der Waals surface area contributed by atoms with Crippen LogP contribution in [0.1, 0.15) is 29.7 Å². The molecule has 1 amide bonds. The Bertz CT molecular complexity index is 894. The zero-order chi connectivity index (χ0) is 19.2. The molecule has 0 heterocycles. The Morgan fingerprint density at radius 1 is 0.852 bits per heavy atom. The number of carbonyl (C=O) groups excluding carboxylic acids is 1. The minimum Gasteiger partial charge on any atom is -0.322 e. The summed E-state index contributed by atoms with van der Waals surface area (Å²) in [5, 5.41) is 6.02. The van der Waals surface area contributed by atoms with E-state index in [0.717, 1.165) is 11.1 Å². The zero-order valence-corrected chi connectivity index (χ0v) is 15.4. The molecule has 0 radical (unpaired) electrons. The van der Waals surface area contributed by atoms with E-state index >= 15 is 0 Å². The van der Waals surface area contributed by atoms with Gasteiger partial charge in [0.25, 0.3) is 0 Å². The van der Waals surface area contributed by atoms with Gasteiger partial charge in [0, 0.05) is 0 Å². The first-order valence-electron chi connectivity index (χ1n) is 8.97. The third-order valence-electron chi connectivity index (χ3n) is 4.49. The minimum absolute atomic E-state index is 0.145. The maximum atomic E-state index is 13.8. The van der Waals surface area contributed by atoms with Crippen molar-refractivity contribution in [1.82, 2.24) is 5.32 Å². The number of hydrogen-bond acceptors (Lipinski definition) is 2. The van der Waals surface area contributed by atoms with Crippen molar-refractivity contribution in [3.8, 4) is 0 Å². The average Bonchev–Trinajstić information content (AvgIpc) is 2.69. The largest absolute Gasteiger partial charge is 0.322 e. The molecule has 2 atom stereocenters. The molecule has 0 bridgehead atoms. The normalized spacial score (nSPS) is 13.0. The van der Waals surface area contributed by atoms with Gasteiger partial charge in [-0.15, -0.1) is 0 Å². The van der Waals surface area contributed by atoms with Gasteiger partial charge in [0.1, 0.15) is 5.82 Å². The van der Waals surface area contributed by atoms with Gasteiger partial charge in [0.15, 0.2) is 0 Å². The second-order valence-electron chi connectivity index (χ2n) is 6.61. The molecule has 3 nitrogen and oxygen atoms in total. The molecule has 0 aliphatic rings. The predicted molar refractivity (Wildman–Crippen MR) is 107 cm³/mol. The highest BCUT2D eigenvalue weighted by molar-refractivity contribution is 5.94. The molecule has 0 aliphatic heterocycles. The van der Waals surface area contributed by atoms with E-state index in [1.54, 1.807) is 25.1 Å². The summed E-state index contributed by atoms with van der Waals surface area (Å²) in [5.74, 6) is -0.732. The van der Waals surface area contributed by atoms with Crippen LogP contribution in [0.2, 0.25) is 0 Å². The molecule has 3 rings (SSSR count). The summed E-state index contributed by atoms with van der Waals surface area (Å²) in [6.07, 6.45) is 0. The molecule has 2 N–H and O–H groups in total. The van der Waals surface area contributed by atoms with Crippen LogP contribution in [-0.2, 0) is 4.79 Å². The number of rotatable bonds is 6. The van der Waals surface area contributed by atoms with E-state index in [2.05, 4.69) is 34.9 Å². The Balaban J connectivity index is 1.80. The second kappa shape index (κ2) is 8.60. The summed E-state index contributed by atoms with van der Waals surface area (Å²) in [6, 6.07) is 23.7. The topological polar surface area (TPSA) is 41.1 Å². The van der Waals surface area contributed by atoms with Gasteiger partial charge in [-0.05, 0) is 37.1 Å². The monoisotopic (exact) mass is 362 g/mol. The summed E-state index contributed by atoms with van der Waals surface area (Å²) in [6.45, 7) is 3.82. The first kappa shape index (κ1) is 18.8. The Kier molecular flexibility index (Phi) is 5.99. The molecule has 0 spiro atoms. The zero-order valence-electron chi connectivity index (χ0n) is 15.4. The number of aryl methyl sites for hydroxylation is 1. The Morgan fingerprint density at radius 2 is 1.44 bits per heavy atom. The summed E-state index contributed by atoms with van der Waals surface area (Å²) in [5.41, 5.74) is 3.49. The van der Waals surface area contributed by atoms with Gasteiger partial charge >= 0.3 is 0 Å². The van der Waals surface area contributed by atoms with Crippen LogP contribution in [0.4, 0.5) is 10.1 Å². The lowest BCUT2D eigenvalue weighted by Gasteiger charge is -2.24. The Hall–Kier alpha value is -2.98. The number of para-hydroxylation sites is 1. The Morgan fingerprint density at radius 3 is 2.11 bits per heavy atom. The van der Waals surface area contributed by atoms with Crippen molar-refractivity contribution in [2.24, 2.45) is 0 Å². The number of anilines is 1. The fourth-order valence-corrected chi connectivity index (χ4v) is 2.92. The lowest BCUT2D eigenvalue weighted by molar-refractivity contribution is -0.117. The van der Waals surface area contributed by atoms with Gasteiger partial charge in [-0.3, -0.25) is 10.1 Å². The minimum atomic E-state index is -0.517. The van der Waals surface area contributed by atoms with Crippen LogP contribution in [0, 0.1) is 12.7 Å². The maximum Gasteiger partial charge on any atom is 0.241 e. The van der Waals surface area contributed by atoms with E-state index in [9.17, 15) is 9.18 Å². The van der Waals surface area contributed by atoms with Gasteiger partial charge in [0.2, 0.25) is 5.91 Å². The highest BCUT2D eigenvalue weighted by Gasteiger charge is 2.21. The molecule has 0 saturated carbocycles. The smallest absolute Gasteiger partial charge is 0.241 e. The van der Waals surface area contributed by atoms with E-state index in [1.807, 2.05) is 37.3 Å². The van der Waals surface area contributed by atoms with Crippen molar-refractivity contribution in [1.29, 1.82) is 0 Å². The van der Waals surface area contributed by atoms with Crippen LogP contribution < -0.4 is 10.6 Å². The Labute approximate surface area is 159 Å². The van der Waals surface area contributed by atoms with Crippen LogP contribution in [-0.4, -0.2) is 11.9 Å². The van der Waals surface area contributed by atoms with Gasteiger partial charge in [-0.2, -0.15) is 0 Å². The molecular formula is C23H23FN2O. The highest BCUT2D eigenvalue weighted by atomic mass is 19.1. The number of benzene rings is 3. The SMILES string of the molecule is Cc1ccc([C@@H](N[C@@H](C)C(=O)Nc2ccccc2F)c2ccccc2)cc1. The summed E-state index contributed by atoms with van der Waals surface area (Å²) < 4.78 is 13.8. The van der Waals surface area contributed by atoms with E-state index in [0.29, 0.717) is 0 Å². The van der Waals surface area contributed by atoms with Crippen LogP contribution in [0.3, 0.4) is 0 Å². The van der Waals surface area contributed by atoms with Gasteiger partial charge in [-0.25, -0.2) is 4.39 Å². The van der Waals surface area contributed by atoms with E-state index in [1.165, 1.54) is 11.6 Å². The summed E-state index contributed by atoms with van der Waals surface area (Å²) in [7, 11) is 0. The van der Waals surface area contributed by atoms with Crippen LogP contribution in [0.15, 0.2) is 78.9 Å². The fraction of sp³-hybridized carbons (Fsp3) is 0.174. The van der Waals surface area contributed by atoms with Gasteiger partial charge in [-0.1, -0.05) is 72.3 Å². The maximum absolute atomic E-state index is 13.8. The number of nitrogens with one attached hydrogen (secondary N) is 2. The third-order valence-corrected chi connectivity index (χ3v) is 4.49. The molecular weight excluding hydrogens is 339 g/mol. The lowest BCUT2D eigenvalue weighted by atomic mass is 9.97. The lowest BCUT2D eigenvalue weighted by Crippen LogP contribution is -2.40. The first-order valence-corrected chi connectivity index (χ1v) is 8.97. The number of hydrogen-bond donors (Lipinski definition) is 2. The van der Waals surface area contributed by atoms with Gasteiger partial charge in [0.05, 0.1) is 17.8 Å². The number of halogens is 1. The summed E-state index contributed by atoms with van der Waals surface area (Å²) in [4.78, 5) is 12.6. The molecule has 3 aromatic carbocycles. The van der Waals surface area contributed by atoms with Crippen LogP contribution in [0.5, 0.6) is 0 Å². The number of carbonyl (C=O) groups is 1. The standard InChI is InChI=1S/C23H23FN2O/c1-16-12-14-19(15-13-16)22(18-8-4-3-5-9-18)25-17(2)23(27)26-21-11-7-6-10-20(21)24/h3-15,17,22,25H,1-2H3,(H,26,27)/t17-,22-/m0/s1. The van der Waals surface area contributed by atoms with Crippen molar-refractivity contribution < 1.29 is 9.18 Å². The van der Waals surface area contributed by atoms with Crippen molar-refractivity contribution >= 4 is 11.6 Å². The molecule has 27 heavy (non-hydrogen) atoms. The van der Waals surface area contributed by atoms with E-state index < -0.39 is 11.9 Å². The molecule has 0 fully saturated rings. The average molecular weight is 362 g/mol. The predicted octanol–water partition coefficient (Wildman–Crippen LogP) is 4.84. The first-order chi connectivity index (χ1) is 13.0. The quantitative estimate of drug-likeness (QED) is 0.659. The number of amides is 1. The van der Waals surface area contributed by atoms with Crippen molar-refractivity contribution in [2.75, 3.05) is 5.32 Å². The molecule has 138 valence electrons.